The molecule has 4 nitrogen and oxygen atoms in total. The van der Waals surface area contributed by atoms with Crippen LogP contribution in [0.25, 0.3) is 0 Å². The first-order valence-electron chi connectivity index (χ1n) is 6.94. The molecule has 0 aromatic rings. The molecule has 2 bridgehead atoms. The quantitative estimate of drug-likeness (QED) is 0.537. The van der Waals surface area contributed by atoms with Crippen molar-refractivity contribution in [3.05, 3.63) is 12.2 Å². The molecule has 2 saturated heterocycles. The zero-order valence-electron chi connectivity index (χ0n) is 10.8. The van der Waals surface area contributed by atoms with Gasteiger partial charge < -0.3 is 15.6 Å². The van der Waals surface area contributed by atoms with Gasteiger partial charge in [0.25, 0.3) is 0 Å². The number of allylic oxidation sites excluding steroid dienone is 2. The van der Waals surface area contributed by atoms with E-state index in [0.717, 1.165) is 25.8 Å². The van der Waals surface area contributed by atoms with Crippen LogP contribution in [-0.2, 0) is 9.53 Å². The van der Waals surface area contributed by atoms with Gasteiger partial charge in [0, 0.05) is 12.3 Å². The maximum atomic E-state index is 10.4. The van der Waals surface area contributed by atoms with Crippen LogP contribution in [0, 0.1) is 11.8 Å². The molecule has 0 aliphatic carbocycles. The molecule has 2 aliphatic heterocycles. The van der Waals surface area contributed by atoms with E-state index in [4.69, 9.17) is 15.6 Å². The lowest BCUT2D eigenvalue weighted by Gasteiger charge is -2.25. The van der Waals surface area contributed by atoms with Crippen LogP contribution < -0.4 is 5.73 Å². The first-order chi connectivity index (χ1) is 8.72. The molecule has 18 heavy (non-hydrogen) atoms. The van der Waals surface area contributed by atoms with E-state index in [0.29, 0.717) is 24.0 Å². The number of hydrogen-bond donors (Lipinski definition) is 2. The summed E-state index contributed by atoms with van der Waals surface area (Å²) in [5, 5.41) is 8.53. The Balaban J connectivity index is 1.69. The summed E-state index contributed by atoms with van der Waals surface area (Å²) in [6, 6.07) is 0. The minimum atomic E-state index is -0.715. The molecular formula is C14H23NO3. The second kappa shape index (κ2) is 6.34. The predicted octanol–water partition coefficient (Wildman–Crippen LogP) is 1.94. The van der Waals surface area contributed by atoms with E-state index in [1.807, 2.05) is 0 Å². The second-order valence-electron chi connectivity index (χ2n) is 5.35. The summed E-state index contributed by atoms with van der Waals surface area (Å²) in [5.41, 5.74) is 5.83. The topological polar surface area (TPSA) is 72.6 Å². The Bertz CT molecular complexity index is 316. The minimum absolute atomic E-state index is 0.257. The molecule has 0 radical (unpaired) electrons. The molecule has 2 heterocycles. The summed E-state index contributed by atoms with van der Waals surface area (Å²) < 4.78 is 5.91. The summed E-state index contributed by atoms with van der Waals surface area (Å²) in [5.74, 6) is 0.380. The standard InChI is InChI=1S/C14H23NO3/c15-9-11-10(12-7-8-13(11)18-12)5-3-1-2-4-6-14(16)17/h1,3,10-13H,2,4-9,15H2,(H,16,17)/t10-,11+,12+,13-/m1/s1. The number of unbranched alkanes of at least 4 members (excludes halogenated alkanes) is 1. The van der Waals surface area contributed by atoms with Crippen LogP contribution in [-0.4, -0.2) is 29.8 Å². The maximum absolute atomic E-state index is 10.4. The Labute approximate surface area is 108 Å². The first-order valence-corrected chi connectivity index (χ1v) is 6.94. The maximum Gasteiger partial charge on any atom is 0.303 e. The zero-order chi connectivity index (χ0) is 13.0. The van der Waals surface area contributed by atoms with Gasteiger partial charge >= 0.3 is 5.97 Å². The molecule has 2 fully saturated rings. The molecule has 0 saturated carbocycles. The Morgan fingerprint density at radius 1 is 1.28 bits per heavy atom. The van der Waals surface area contributed by atoms with Crippen molar-refractivity contribution in [2.45, 2.75) is 50.7 Å². The summed E-state index contributed by atoms with van der Waals surface area (Å²) >= 11 is 0. The lowest BCUT2D eigenvalue weighted by Crippen LogP contribution is -2.32. The van der Waals surface area contributed by atoms with Gasteiger partial charge in [-0.15, -0.1) is 0 Å². The third-order valence-electron chi connectivity index (χ3n) is 4.20. The summed E-state index contributed by atoms with van der Waals surface area (Å²) in [6.45, 7) is 0.721. The van der Waals surface area contributed by atoms with Crippen LogP contribution in [0.2, 0.25) is 0 Å². The van der Waals surface area contributed by atoms with Crippen molar-refractivity contribution in [1.82, 2.24) is 0 Å². The first kappa shape index (κ1) is 13.6. The highest BCUT2D eigenvalue weighted by Crippen LogP contribution is 2.44. The molecule has 0 spiro atoms. The van der Waals surface area contributed by atoms with E-state index in [1.165, 1.54) is 12.8 Å². The molecule has 102 valence electrons. The number of ether oxygens (including phenoxy) is 1. The van der Waals surface area contributed by atoms with Gasteiger partial charge in [-0.2, -0.15) is 0 Å². The number of carbonyl (C=O) groups is 1. The van der Waals surface area contributed by atoms with Crippen molar-refractivity contribution < 1.29 is 14.6 Å². The van der Waals surface area contributed by atoms with Gasteiger partial charge in [0.1, 0.15) is 0 Å². The number of hydrogen-bond acceptors (Lipinski definition) is 3. The van der Waals surface area contributed by atoms with Gasteiger partial charge in [-0.3, -0.25) is 4.79 Å². The third-order valence-corrected chi connectivity index (χ3v) is 4.20. The van der Waals surface area contributed by atoms with E-state index in [2.05, 4.69) is 12.2 Å². The zero-order valence-corrected chi connectivity index (χ0v) is 10.8. The lowest BCUT2D eigenvalue weighted by atomic mass is 9.77. The van der Waals surface area contributed by atoms with E-state index in [1.54, 1.807) is 0 Å². The Kier molecular flexibility index (Phi) is 4.78. The minimum Gasteiger partial charge on any atom is -0.481 e. The van der Waals surface area contributed by atoms with Crippen molar-refractivity contribution in [1.29, 1.82) is 0 Å². The second-order valence-corrected chi connectivity index (χ2v) is 5.35. The highest BCUT2D eigenvalue weighted by atomic mass is 16.5. The molecule has 2 rings (SSSR count). The molecule has 3 N–H and O–H groups in total. The van der Waals surface area contributed by atoms with Crippen LogP contribution in [0.5, 0.6) is 0 Å². The fourth-order valence-corrected chi connectivity index (χ4v) is 3.27. The number of aliphatic carboxylic acids is 1. The van der Waals surface area contributed by atoms with Crippen molar-refractivity contribution >= 4 is 5.97 Å². The number of fused-ring (bicyclic) bond motifs is 2. The normalized spacial score (nSPS) is 34.5. The van der Waals surface area contributed by atoms with Crippen molar-refractivity contribution in [3.63, 3.8) is 0 Å². The number of carboxylic acid groups (broad SMARTS) is 1. The summed E-state index contributed by atoms with van der Waals surface area (Å²) in [7, 11) is 0. The van der Waals surface area contributed by atoms with Gasteiger partial charge in [-0.25, -0.2) is 0 Å². The van der Waals surface area contributed by atoms with E-state index in [-0.39, 0.29) is 6.42 Å². The monoisotopic (exact) mass is 253 g/mol. The number of nitrogens with two attached hydrogens (primary N) is 1. The number of carboxylic acids is 1. The largest absolute Gasteiger partial charge is 0.481 e. The Morgan fingerprint density at radius 3 is 2.67 bits per heavy atom. The number of rotatable bonds is 7. The van der Waals surface area contributed by atoms with Gasteiger partial charge in [-0.1, -0.05) is 12.2 Å². The van der Waals surface area contributed by atoms with Crippen molar-refractivity contribution in [2.75, 3.05) is 6.54 Å². The average Bonchev–Trinajstić information content (AvgIpc) is 2.93. The van der Waals surface area contributed by atoms with Crippen LogP contribution in [0.3, 0.4) is 0 Å². The lowest BCUT2D eigenvalue weighted by molar-refractivity contribution is -0.137. The molecule has 4 heteroatoms. The van der Waals surface area contributed by atoms with Crippen LogP contribution in [0.4, 0.5) is 0 Å². The van der Waals surface area contributed by atoms with E-state index >= 15 is 0 Å². The predicted molar refractivity (Wildman–Crippen MR) is 69.2 cm³/mol. The molecule has 2 aliphatic rings. The van der Waals surface area contributed by atoms with Crippen molar-refractivity contribution in [3.8, 4) is 0 Å². The van der Waals surface area contributed by atoms with E-state index < -0.39 is 5.97 Å². The van der Waals surface area contributed by atoms with Gasteiger partial charge in [0.15, 0.2) is 0 Å². The fourth-order valence-electron chi connectivity index (χ4n) is 3.27. The van der Waals surface area contributed by atoms with Crippen molar-refractivity contribution in [2.24, 2.45) is 17.6 Å². The Hall–Kier alpha value is -0.870. The van der Waals surface area contributed by atoms with Gasteiger partial charge in [-0.05, 0) is 44.6 Å². The fraction of sp³-hybridized carbons (Fsp3) is 0.786. The molecule has 0 aromatic carbocycles. The smallest absolute Gasteiger partial charge is 0.303 e. The van der Waals surface area contributed by atoms with Crippen LogP contribution >= 0.6 is 0 Å². The SMILES string of the molecule is NC[C@H]1[C@@H](CC=CCCCC(=O)O)[C@@H]2CC[C@H]1O2. The molecular weight excluding hydrogens is 230 g/mol. The molecule has 0 aromatic heterocycles. The van der Waals surface area contributed by atoms with E-state index in [9.17, 15) is 4.79 Å². The molecule has 4 atom stereocenters. The van der Waals surface area contributed by atoms with Gasteiger partial charge in [0.2, 0.25) is 0 Å². The Morgan fingerprint density at radius 2 is 2.00 bits per heavy atom. The van der Waals surface area contributed by atoms with Crippen LogP contribution in [0.15, 0.2) is 12.2 Å². The van der Waals surface area contributed by atoms with Crippen LogP contribution in [0.1, 0.15) is 38.5 Å². The summed E-state index contributed by atoms with van der Waals surface area (Å²) in [6.07, 6.45) is 10.3. The highest BCUT2D eigenvalue weighted by molar-refractivity contribution is 5.66. The molecule has 0 unspecified atom stereocenters. The third kappa shape index (κ3) is 3.12. The van der Waals surface area contributed by atoms with Gasteiger partial charge in [0.05, 0.1) is 12.2 Å². The molecule has 0 amide bonds. The highest BCUT2D eigenvalue weighted by Gasteiger charge is 2.47. The summed E-state index contributed by atoms with van der Waals surface area (Å²) in [4.78, 5) is 10.4. The average molecular weight is 253 g/mol.